The highest BCUT2D eigenvalue weighted by atomic mass is 16.3. The minimum atomic E-state index is 0.264. The van der Waals surface area contributed by atoms with E-state index in [0.717, 1.165) is 6.54 Å². The van der Waals surface area contributed by atoms with Crippen molar-refractivity contribution in [1.29, 1.82) is 0 Å². The van der Waals surface area contributed by atoms with Gasteiger partial charge in [0.05, 0.1) is 0 Å². The van der Waals surface area contributed by atoms with Crippen LogP contribution in [0, 0.1) is 5.92 Å². The van der Waals surface area contributed by atoms with E-state index in [9.17, 15) is 5.11 Å². The van der Waals surface area contributed by atoms with E-state index in [0.29, 0.717) is 18.4 Å². The number of hydrogen-bond donors (Lipinski definition) is 2. The molecule has 2 N–H and O–H groups in total. The highest BCUT2D eigenvalue weighted by Crippen LogP contribution is 2.42. The van der Waals surface area contributed by atoms with Gasteiger partial charge < -0.3 is 10.4 Å². The summed E-state index contributed by atoms with van der Waals surface area (Å²) >= 11 is 0. The maximum atomic E-state index is 9.65. The number of hydrogen-bond acceptors (Lipinski definition) is 2. The van der Waals surface area contributed by atoms with Crippen LogP contribution in [0.4, 0.5) is 5.69 Å². The molecule has 2 atom stereocenters. The number of fused-ring (bicyclic) bond motifs is 1. The molecule has 0 amide bonds. The van der Waals surface area contributed by atoms with Gasteiger partial charge in [0.1, 0.15) is 0 Å². The second-order valence-corrected chi connectivity index (χ2v) is 7.20. The van der Waals surface area contributed by atoms with Crippen LogP contribution in [0.1, 0.15) is 63.0 Å². The maximum Gasteiger partial charge on any atom is 0.0465 e. The minimum absolute atomic E-state index is 0.264. The Labute approximate surface area is 122 Å². The number of benzene rings is 1. The number of rotatable bonds is 2. The second-order valence-electron chi connectivity index (χ2n) is 7.20. The van der Waals surface area contributed by atoms with Crippen LogP contribution >= 0.6 is 0 Å². The Balaban J connectivity index is 1.95. The maximum absolute atomic E-state index is 9.65. The lowest BCUT2D eigenvalue weighted by Crippen LogP contribution is -2.29. The number of anilines is 1. The number of nitrogens with one attached hydrogen (secondary N) is 1. The van der Waals surface area contributed by atoms with Crippen LogP contribution in [0.15, 0.2) is 18.2 Å². The zero-order valence-corrected chi connectivity index (χ0v) is 12.8. The molecule has 1 aromatic rings. The lowest BCUT2D eigenvalue weighted by atomic mass is 9.72. The van der Waals surface area contributed by atoms with Crippen molar-refractivity contribution in [2.75, 3.05) is 18.5 Å². The first-order valence-electron chi connectivity index (χ1n) is 8.11. The van der Waals surface area contributed by atoms with Gasteiger partial charge in [0.15, 0.2) is 0 Å². The van der Waals surface area contributed by atoms with Gasteiger partial charge in [-0.05, 0) is 53.7 Å². The van der Waals surface area contributed by atoms with Crippen LogP contribution in [0.25, 0.3) is 0 Å². The smallest absolute Gasteiger partial charge is 0.0465 e. The van der Waals surface area contributed by atoms with Crippen molar-refractivity contribution in [3.63, 3.8) is 0 Å². The molecule has 1 heterocycles. The van der Waals surface area contributed by atoms with E-state index in [-0.39, 0.29) is 5.41 Å². The lowest BCUT2D eigenvalue weighted by Gasteiger charge is -2.36. The van der Waals surface area contributed by atoms with Gasteiger partial charge in [-0.1, -0.05) is 38.8 Å². The van der Waals surface area contributed by atoms with Crippen LogP contribution in [-0.4, -0.2) is 18.3 Å². The molecule has 0 bridgehead atoms. The summed E-state index contributed by atoms with van der Waals surface area (Å²) in [4.78, 5) is 0. The number of aliphatic hydroxyl groups is 1. The van der Waals surface area contributed by atoms with Gasteiger partial charge in [-0.15, -0.1) is 0 Å². The molecule has 110 valence electrons. The van der Waals surface area contributed by atoms with E-state index < -0.39 is 0 Å². The fourth-order valence-corrected chi connectivity index (χ4v) is 4.02. The standard InChI is InChI=1S/C18H27NO/c1-18(2)9-10-19-17-8-7-13(11-16(17)18)15-6-4-3-5-14(15)12-20/h7-8,11,14-15,19-20H,3-6,9-10,12H2,1-2H3. The van der Waals surface area contributed by atoms with Gasteiger partial charge in [0.25, 0.3) is 0 Å². The zero-order chi connectivity index (χ0) is 14.2. The zero-order valence-electron chi connectivity index (χ0n) is 12.8. The topological polar surface area (TPSA) is 32.3 Å². The van der Waals surface area contributed by atoms with E-state index in [1.807, 2.05) is 0 Å². The minimum Gasteiger partial charge on any atom is -0.396 e. The average molecular weight is 273 g/mol. The normalized spacial score (nSPS) is 28.6. The quantitative estimate of drug-likeness (QED) is 0.852. The highest BCUT2D eigenvalue weighted by Gasteiger charge is 2.30. The highest BCUT2D eigenvalue weighted by molar-refractivity contribution is 5.58. The third-order valence-corrected chi connectivity index (χ3v) is 5.41. The predicted molar refractivity (Wildman–Crippen MR) is 84.4 cm³/mol. The first-order valence-corrected chi connectivity index (χ1v) is 8.11. The van der Waals surface area contributed by atoms with E-state index >= 15 is 0 Å². The first kappa shape index (κ1) is 13.9. The van der Waals surface area contributed by atoms with Crippen LogP contribution < -0.4 is 5.32 Å². The Bertz CT molecular complexity index is 480. The van der Waals surface area contributed by atoms with Crippen molar-refractivity contribution in [2.24, 2.45) is 5.92 Å². The molecular formula is C18H27NO. The second kappa shape index (κ2) is 5.40. The molecule has 0 spiro atoms. The van der Waals surface area contributed by atoms with Crippen molar-refractivity contribution >= 4 is 5.69 Å². The van der Waals surface area contributed by atoms with E-state index in [1.165, 1.54) is 48.9 Å². The molecule has 1 fully saturated rings. The number of aliphatic hydroxyl groups excluding tert-OH is 1. The molecule has 20 heavy (non-hydrogen) atoms. The molecule has 2 aliphatic rings. The third-order valence-electron chi connectivity index (χ3n) is 5.41. The first-order chi connectivity index (χ1) is 9.62. The molecule has 2 nitrogen and oxygen atoms in total. The summed E-state index contributed by atoms with van der Waals surface area (Å²) in [5.74, 6) is 1.01. The van der Waals surface area contributed by atoms with Gasteiger partial charge in [0, 0.05) is 18.8 Å². The molecule has 0 radical (unpaired) electrons. The fourth-order valence-electron chi connectivity index (χ4n) is 4.02. The van der Waals surface area contributed by atoms with Crippen molar-refractivity contribution < 1.29 is 5.11 Å². The summed E-state index contributed by atoms with van der Waals surface area (Å²) in [6.07, 6.45) is 6.19. The summed E-state index contributed by atoms with van der Waals surface area (Å²) in [5, 5.41) is 13.2. The Morgan fingerprint density at radius 3 is 2.85 bits per heavy atom. The van der Waals surface area contributed by atoms with Gasteiger partial charge >= 0.3 is 0 Å². The molecule has 1 aliphatic carbocycles. The van der Waals surface area contributed by atoms with Crippen molar-refractivity contribution in [1.82, 2.24) is 0 Å². The van der Waals surface area contributed by atoms with Crippen molar-refractivity contribution in [2.45, 2.75) is 57.3 Å². The molecule has 1 aliphatic heterocycles. The summed E-state index contributed by atoms with van der Waals surface area (Å²) in [7, 11) is 0. The Hall–Kier alpha value is -1.02. The van der Waals surface area contributed by atoms with Gasteiger partial charge in [-0.2, -0.15) is 0 Å². The predicted octanol–water partition coefficient (Wildman–Crippen LogP) is 4.05. The summed E-state index contributed by atoms with van der Waals surface area (Å²) in [6, 6.07) is 6.96. The largest absolute Gasteiger partial charge is 0.396 e. The van der Waals surface area contributed by atoms with E-state index in [4.69, 9.17) is 0 Å². The monoisotopic (exact) mass is 273 g/mol. The van der Waals surface area contributed by atoms with Crippen LogP contribution in [0.2, 0.25) is 0 Å². The molecule has 2 heteroatoms. The molecular weight excluding hydrogens is 246 g/mol. The molecule has 0 saturated heterocycles. The summed E-state index contributed by atoms with van der Waals surface area (Å²) in [6.45, 7) is 6.10. The Kier molecular flexibility index (Phi) is 3.76. The third kappa shape index (κ3) is 2.46. The van der Waals surface area contributed by atoms with Crippen molar-refractivity contribution in [3.8, 4) is 0 Å². The molecule has 1 aromatic carbocycles. The fraction of sp³-hybridized carbons (Fsp3) is 0.667. The SMILES string of the molecule is CC1(C)CCNc2ccc(C3CCCCC3CO)cc21. The summed E-state index contributed by atoms with van der Waals surface area (Å²) < 4.78 is 0. The van der Waals surface area contributed by atoms with Gasteiger partial charge in [0.2, 0.25) is 0 Å². The average Bonchev–Trinajstić information content (AvgIpc) is 2.47. The van der Waals surface area contributed by atoms with Crippen molar-refractivity contribution in [3.05, 3.63) is 29.3 Å². The van der Waals surface area contributed by atoms with E-state index in [2.05, 4.69) is 37.4 Å². The molecule has 0 aromatic heterocycles. The molecule has 2 unspecified atom stereocenters. The molecule has 1 saturated carbocycles. The Morgan fingerprint density at radius 1 is 1.25 bits per heavy atom. The lowest BCUT2D eigenvalue weighted by molar-refractivity contribution is 0.169. The van der Waals surface area contributed by atoms with Crippen LogP contribution in [0.3, 0.4) is 0 Å². The van der Waals surface area contributed by atoms with E-state index in [1.54, 1.807) is 0 Å². The molecule has 3 rings (SSSR count). The van der Waals surface area contributed by atoms with Crippen LogP contribution in [-0.2, 0) is 5.41 Å². The Morgan fingerprint density at radius 2 is 2.05 bits per heavy atom. The van der Waals surface area contributed by atoms with Gasteiger partial charge in [-0.25, -0.2) is 0 Å². The summed E-state index contributed by atoms with van der Waals surface area (Å²) in [5.41, 5.74) is 4.48. The van der Waals surface area contributed by atoms with Crippen LogP contribution in [0.5, 0.6) is 0 Å². The van der Waals surface area contributed by atoms with Gasteiger partial charge in [-0.3, -0.25) is 0 Å².